The summed E-state index contributed by atoms with van der Waals surface area (Å²) >= 11 is 1.71. The lowest BCUT2D eigenvalue weighted by Crippen LogP contribution is -2.37. The van der Waals surface area contributed by atoms with Crippen LogP contribution < -0.4 is 15.5 Å². The van der Waals surface area contributed by atoms with E-state index in [4.69, 9.17) is 24.4 Å². The predicted molar refractivity (Wildman–Crippen MR) is 156 cm³/mol. The Morgan fingerprint density at radius 3 is 2.32 bits per heavy atom. The molecule has 0 unspecified atom stereocenters. The number of anilines is 2. The van der Waals surface area contributed by atoms with Crippen molar-refractivity contribution >= 4 is 29.0 Å². The van der Waals surface area contributed by atoms with Crippen molar-refractivity contribution in [3.8, 4) is 22.1 Å². The summed E-state index contributed by atoms with van der Waals surface area (Å²) in [7, 11) is 0. The number of urea groups is 1. The highest BCUT2D eigenvalue weighted by Gasteiger charge is 2.19. The van der Waals surface area contributed by atoms with Gasteiger partial charge in [-0.3, -0.25) is 4.90 Å². The molecule has 5 heterocycles. The molecule has 2 aliphatic heterocycles. The molecule has 0 bridgehead atoms. The highest BCUT2D eigenvalue weighted by Crippen LogP contribution is 2.30. The topological polar surface area (TPSA) is 131 Å². The fraction of sp³-hybridized carbons (Fsp3) is 0.357. The van der Waals surface area contributed by atoms with Crippen molar-refractivity contribution in [3.05, 3.63) is 65.6 Å². The minimum atomic E-state index is -0.316. The molecule has 0 atom stereocenters. The van der Waals surface area contributed by atoms with Crippen LogP contribution in [0.2, 0.25) is 0 Å². The normalized spacial score (nSPS) is 16.0. The van der Waals surface area contributed by atoms with E-state index in [1.807, 2.05) is 24.3 Å². The van der Waals surface area contributed by atoms with Crippen LogP contribution in [-0.2, 0) is 22.6 Å². The Bertz CT molecular complexity index is 1440. The zero-order chi connectivity index (χ0) is 27.9. The van der Waals surface area contributed by atoms with Crippen LogP contribution in [-0.4, -0.2) is 88.5 Å². The molecule has 1 aromatic carbocycles. The van der Waals surface area contributed by atoms with E-state index in [1.165, 1.54) is 11.2 Å². The minimum Gasteiger partial charge on any atom is -0.379 e. The Labute approximate surface area is 241 Å². The van der Waals surface area contributed by atoms with E-state index in [2.05, 4.69) is 42.5 Å². The van der Waals surface area contributed by atoms with Gasteiger partial charge in [-0.2, -0.15) is 9.97 Å². The largest absolute Gasteiger partial charge is 0.379 e. The molecule has 2 saturated heterocycles. The molecule has 12 nitrogen and oxygen atoms in total. The zero-order valence-electron chi connectivity index (χ0n) is 22.5. The summed E-state index contributed by atoms with van der Waals surface area (Å²) in [6.07, 6.45) is 4.78. The van der Waals surface area contributed by atoms with Gasteiger partial charge in [0.1, 0.15) is 6.33 Å². The number of morpholine rings is 2. The standard InChI is InChI=1S/C28H31N9O3S/c38-28(31-17-20-15-29-19-30-16-20)32-22-3-1-21(2-4-22)25-33-26(35-27(34-25)37-9-13-40-14-10-37)24-6-5-23(41-24)18-36-7-11-39-12-8-36/h1-6,15-16,19H,7-14,17-18H2,(H2,31,32,38). The average molecular weight is 574 g/mol. The molecule has 41 heavy (non-hydrogen) atoms. The maximum atomic E-state index is 12.4. The molecule has 2 fully saturated rings. The summed E-state index contributed by atoms with van der Waals surface area (Å²) in [6, 6.07) is 11.4. The first-order valence-corrected chi connectivity index (χ1v) is 14.4. The number of benzene rings is 1. The Kier molecular flexibility index (Phi) is 8.66. The third-order valence-corrected chi connectivity index (χ3v) is 7.82. The van der Waals surface area contributed by atoms with Crippen molar-refractivity contribution in [1.29, 1.82) is 0 Å². The van der Waals surface area contributed by atoms with Gasteiger partial charge in [0.15, 0.2) is 11.6 Å². The second-order valence-electron chi connectivity index (χ2n) is 9.67. The van der Waals surface area contributed by atoms with Crippen molar-refractivity contribution < 1.29 is 14.3 Å². The molecule has 0 saturated carbocycles. The van der Waals surface area contributed by atoms with Gasteiger partial charge in [0.2, 0.25) is 5.95 Å². The minimum absolute atomic E-state index is 0.316. The molecule has 6 rings (SSSR count). The fourth-order valence-electron chi connectivity index (χ4n) is 4.55. The molecule has 212 valence electrons. The van der Waals surface area contributed by atoms with Crippen LogP contribution in [0.5, 0.6) is 0 Å². The summed E-state index contributed by atoms with van der Waals surface area (Å²) in [4.78, 5) is 41.7. The number of amides is 2. The van der Waals surface area contributed by atoms with E-state index in [1.54, 1.807) is 23.7 Å². The molecule has 3 aromatic heterocycles. The van der Waals surface area contributed by atoms with Gasteiger partial charge in [-0.1, -0.05) is 0 Å². The van der Waals surface area contributed by atoms with E-state index in [0.29, 0.717) is 43.0 Å². The molecule has 0 aliphatic carbocycles. The van der Waals surface area contributed by atoms with Crippen LogP contribution in [0.1, 0.15) is 10.4 Å². The Hall–Kier alpha value is -4.04. The molecule has 13 heteroatoms. The Morgan fingerprint density at radius 1 is 0.854 bits per heavy atom. The van der Waals surface area contributed by atoms with Gasteiger partial charge in [-0.25, -0.2) is 19.7 Å². The van der Waals surface area contributed by atoms with E-state index in [-0.39, 0.29) is 6.03 Å². The lowest BCUT2D eigenvalue weighted by Gasteiger charge is -2.27. The summed E-state index contributed by atoms with van der Waals surface area (Å²) in [5, 5.41) is 5.66. The van der Waals surface area contributed by atoms with Crippen LogP contribution in [0.15, 0.2) is 55.1 Å². The average Bonchev–Trinajstić information content (AvgIpc) is 3.50. The third-order valence-electron chi connectivity index (χ3n) is 6.75. The monoisotopic (exact) mass is 573 g/mol. The molecule has 0 spiro atoms. The van der Waals surface area contributed by atoms with Crippen LogP contribution in [0.4, 0.5) is 16.4 Å². The highest BCUT2D eigenvalue weighted by molar-refractivity contribution is 7.15. The van der Waals surface area contributed by atoms with E-state index in [0.717, 1.165) is 61.9 Å². The van der Waals surface area contributed by atoms with Gasteiger partial charge < -0.3 is 25.0 Å². The van der Waals surface area contributed by atoms with E-state index < -0.39 is 0 Å². The number of carbonyl (C=O) groups excluding carboxylic acids is 1. The SMILES string of the molecule is O=C(NCc1cncnc1)Nc1ccc(-c2nc(-c3ccc(CN4CCOCC4)s3)nc(N3CCOCC3)n2)cc1. The van der Waals surface area contributed by atoms with Gasteiger partial charge in [0.05, 0.1) is 31.3 Å². The fourth-order valence-corrected chi connectivity index (χ4v) is 5.54. The second-order valence-corrected chi connectivity index (χ2v) is 10.8. The Balaban J connectivity index is 1.19. The summed E-state index contributed by atoms with van der Waals surface area (Å²) < 4.78 is 11.0. The second kappa shape index (κ2) is 13.1. The number of carbonyl (C=O) groups is 1. The number of rotatable bonds is 8. The molecule has 2 amide bonds. The van der Waals surface area contributed by atoms with Gasteiger partial charge in [-0.05, 0) is 36.4 Å². The van der Waals surface area contributed by atoms with E-state index in [9.17, 15) is 4.79 Å². The predicted octanol–water partition coefficient (Wildman–Crippen LogP) is 3.05. The van der Waals surface area contributed by atoms with Crippen molar-refractivity contribution in [2.75, 3.05) is 62.8 Å². The number of nitrogens with zero attached hydrogens (tertiary/aromatic N) is 7. The lowest BCUT2D eigenvalue weighted by atomic mass is 10.2. The van der Waals surface area contributed by atoms with Crippen LogP contribution >= 0.6 is 11.3 Å². The van der Waals surface area contributed by atoms with Crippen molar-refractivity contribution in [2.45, 2.75) is 13.1 Å². The molecule has 0 radical (unpaired) electrons. The zero-order valence-corrected chi connectivity index (χ0v) is 23.3. The van der Waals surface area contributed by atoms with Crippen molar-refractivity contribution in [3.63, 3.8) is 0 Å². The Morgan fingerprint density at radius 2 is 1.56 bits per heavy atom. The van der Waals surface area contributed by atoms with Crippen molar-refractivity contribution in [2.24, 2.45) is 0 Å². The van der Waals surface area contributed by atoms with Gasteiger partial charge in [0, 0.05) is 73.4 Å². The number of thiophene rings is 1. The molecule has 2 N–H and O–H groups in total. The van der Waals surface area contributed by atoms with Crippen LogP contribution in [0, 0.1) is 0 Å². The number of hydrogen-bond acceptors (Lipinski definition) is 11. The summed E-state index contributed by atoms with van der Waals surface area (Å²) in [5.74, 6) is 1.88. The summed E-state index contributed by atoms with van der Waals surface area (Å²) in [5.41, 5.74) is 2.31. The first-order valence-electron chi connectivity index (χ1n) is 13.6. The van der Waals surface area contributed by atoms with Crippen molar-refractivity contribution in [1.82, 2.24) is 35.1 Å². The molecular formula is C28H31N9O3S. The molecule has 4 aromatic rings. The van der Waals surface area contributed by atoms with Gasteiger partial charge in [-0.15, -0.1) is 11.3 Å². The number of aromatic nitrogens is 5. The van der Waals surface area contributed by atoms with Crippen LogP contribution in [0.3, 0.4) is 0 Å². The number of hydrogen-bond donors (Lipinski definition) is 2. The third kappa shape index (κ3) is 7.19. The quantitative estimate of drug-likeness (QED) is 0.324. The van der Waals surface area contributed by atoms with Gasteiger partial charge >= 0.3 is 6.03 Å². The van der Waals surface area contributed by atoms with Crippen LogP contribution in [0.25, 0.3) is 22.1 Å². The molecular weight excluding hydrogens is 542 g/mol. The lowest BCUT2D eigenvalue weighted by molar-refractivity contribution is 0.0346. The first-order chi connectivity index (χ1) is 20.2. The van der Waals surface area contributed by atoms with Gasteiger partial charge in [0.25, 0.3) is 0 Å². The number of nitrogens with one attached hydrogen (secondary N) is 2. The smallest absolute Gasteiger partial charge is 0.319 e. The highest BCUT2D eigenvalue weighted by atomic mass is 32.1. The summed E-state index contributed by atoms with van der Waals surface area (Å²) in [6.45, 7) is 7.39. The maximum absolute atomic E-state index is 12.4. The van der Waals surface area contributed by atoms with E-state index >= 15 is 0 Å². The first kappa shape index (κ1) is 27.1. The maximum Gasteiger partial charge on any atom is 0.319 e. The number of ether oxygens (including phenoxy) is 2. The molecule has 2 aliphatic rings.